The van der Waals surface area contributed by atoms with Gasteiger partial charge in [0.1, 0.15) is 0 Å². The minimum Gasteiger partial charge on any atom is -0.480 e. The van der Waals surface area contributed by atoms with Gasteiger partial charge in [0.05, 0.1) is 6.54 Å². The number of rotatable bonds is 6. The zero-order valence-electron chi connectivity index (χ0n) is 10.4. The van der Waals surface area contributed by atoms with Gasteiger partial charge in [0.15, 0.2) is 0 Å². The van der Waals surface area contributed by atoms with Crippen molar-refractivity contribution in [1.82, 2.24) is 10.2 Å². The minimum absolute atomic E-state index is 0.181. The van der Waals surface area contributed by atoms with E-state index in [0.29, 0.717) is 12.0 Å². The number of nitrogens with zero attached hydrogens (tertiary/aromatic N) is 1. The summed E-state index contributed by atoms with van der Waals surface area (Å²) in [6.07, 6.45) is 3.46. The predicted octanol–water partition coefficient (Wildman–Crippen LogP) is 1.17. The molecule has 2 unspecified atom stereocenters. The van der Waals surface area contributed by atoms with E-state index in [9.17, 15) is 4.79 Å². The maximum atomic E-state index is 10.7. The lowest BCUT2D eigenvalue weighted by Gasteiger charge is -2.37. The van der Waals surface area contributed by atoms with Gasteiger partial charge in [-0.3, -0.25) is 9.69 Å². The van der Waals surface area contributed by atoms with Gasteiger partial charge in [0.25, 0.3) is 0 Å². The Kier molecular flexibility index (Phi) is 5.77. The molecule has 0 radical (unpaired) electrons. The Morgan fingerprint density at radius 3 is 2.75 bits per heavy atom. The lowest BCUT2D eigenvalue weighted by atomic mass is 9.92. The second-order valence-electron chi connectivity index (χ2n) is 4.75. The van der Waals surface area contributed by atoms with Crippen LogP contribution in [0.5, 0.6) is 0 Å². The average Bonchev–Trinajstić information content (AvgIpc) is 2.25. The van der Waals surface area contributed by atoms with Gasteiger partial charge in [-0.05, 0) is 25.3 Å². The molecule has 0 aromatic rings. The van der Waals surface area contributed by atoms with E-state index in [1.807, 2.05) is 0 Å². The van der Waals surface area contributed by atoms with Crippen molar-refractivity contribution in [2.45, 2.75) is 39.2 Å². The molecule has 4 nitrogen and oxygen atoms in total. The molecule has 1 aliphatic rings. The third-order valence-electron chi connectivity index (χ3n) is 3.23. The number of likely N-dealkylation sites (tertiary alicyclic amines) is 1. The summed E-state index contributed by atoms with van der Waals surface area (Å²) >= 11 is 0. The van der Waals surface area contributed by atoms with Crippen LogP contribution in [0.3, 0.4) is 0 Å². The summed E-state index contributed by atoms with van der Waals surface area (Å²) in [5.74, 6) is -0.0755. The predicted molar refractivity (Wildman–Crippen MR) is 64.6 cm³/mol. The van der Waals surface area contributed by atoms with E-state index in [0.717, 1.165) is 32.5 Å². The van der Waals surface area contributed by atoms with Crippen molar-refractivity contribution in [3.05, 3.63) is 0 Å². The van der Waals surface area contributed by atoms with E-state index in [-0.39, 0.29) is 6.54 Å². The molecule has 2 N–H and O–H groups in total. The number of aliphatic carboxylic acids is 1. The van der Waals surface area contributed by atoms with Crippen molar-refractivity contribution in [2.75, 3.05) is 26.2 Å². The highest BCUT2D eigenvalue weighted by atomic mass is 16.4. The number of carbonyl (C=O) groups is 1. The first-order valence-electron chi connectivity index (χ1n) is 6.33. The van der Waals surface area contributed by atoms with Gasteiger partial charge in [-0.25, -0.2) is 0 Å². The highest BCUT2D eigenvalue weighted by Gasteiger charge is 2.26. The fraction of sp³-hybridized carbons (Fsp3) is 0.917. The Morgan fingerprint density at radius 2 is 2.19 bits per heavy atom. The van der Waals surface area contributed by atoms with Crippen LogP contribution in [-0.4, -0.2) is 48.2 Å². The van der Waals surface area contributed by atoms with Gasteiger partial charge >= 0.3 is 5.97 Å². The smallest absolute Gasteiger partial charge is 0.317 e. The van der Waals surface area contributed by atoms with E-state index in [1.165, 1.54) is 6.42 Å². The Hall–Kier alpha value is -0.610. The van der Waals surface area contributed by atoms with E-state index in [2.05, 4.69) is 24.1 Å². The minimum atomic E-state index is -0.717. The molecule has 0 bridgehead atoms. The molecule has 94 valence electrons. The lowest BCUT2D eigenvalue weighted by Crippen LogP contribution is -2.50. The summed E-state index contributed by atoms with van der Waals surface area (Å²) in [5, 5.41) is 12.3. The van der Waals surface area contributed by atoms with Crippen LogP contribution in [0.2, 0.25) is 0 Å². The second kappa shape index (κ2) is 6.86. The number of nitrogens with one attached hydrogen (secondary N) is 1. The molecule has 0 saturated carbocycles. The number of hydrogen-bond acceptors (Lipinski definition) is 3. The third kappa shape index (κ3) is 4.49. The van der Waals surface area contributed by atoms with Crippen LogP contribution in [0.1, 0.15) is 33.1 Å². The summed E-state index contributed by atoms with van der Waals surface area (Å²) in [6, 6.07) is 0.470. The molecule has 2 atom stereocenters. The largest absolute Gasteiger partial charge is 0.480 e. The fourth-order valence-corrected chi connectivity index (χ4v) is 2.42. The SMILES string of the molecule is CCCNC1CC(CC)CN(CC(=O)O)C1. The quantitative estimate of drug-likeness (QED) is 0.716. The van der Waals surface area contributed by atoms with Gasteiger partial charge in [0, 0.05) is 19.1 Å². The highest BCUT2D eigenvalue weighted by Crippen LogP contribution is 2.19. The van der Waals surface area contributed by atoms with E-state index in [1.54, 1.807) is 0 Å². The summed E-state index contributed by atoms with van der Waals surface area (Å²) < 4.78 is 0. The van der Waals surface area contributed by atoms with Crippen molar-refractivity contribution in [3.8, 4) is 0 Å². The second-order valence-corrected chi connectivity index (χ2v) is 4.75. The molecular weight excluding hydrogens is 204 g/mol. The normalized spacial score (nSPS) is 26.9. The van der Waals surface area contributed by atoms with E-state index >= 15 is 0 Å². The number of hydrogen-bond donors (Lipinski definition) is 2. The molecule has 1 saturated heterocycles. The molecule has 0 aliphatic carbocycles. The van der Waals surface area contributed by atoms with Crippen LogP contribution < -0.4 is 5.32 Å². The van der Waals surface area contributed by atoms with Crippen molar-refractivity contribution in [1.29, 1.82) is 0 Å². The van der Waals surface area contributed by atoms with Crippen LogP contribution in [0.4, 0.5) is 0 Å². The summed E-state index contributed by atoms with van der Waals surface area (Å²) in [4.78, 5) is 12.8. The molecule has 0 aromatic heterocycles. The maximum Gasteiger partial charge on any atom is 0.317 e. The van der Waals surface area contributed by atoms with E-state index < -0.39 is 5.97 Å². The molecule has 4 heteroatoms. The highest BCUT2D eigenvalue weighted by molar-refractivity contribution is 5.69. The number of piperidine rings is 1. The van der Waals surface area contributed by atoms with E-state index in [4.69, 9.17) is 5.11 Å². The molecule has 1 aliphatic heterocycles. The Labute approximate surface area is 98.0 Å². The van der Waals surface area contributed by atoms with Crippen molar-refractivity contribution < 1.29 is 9.90 Å². The van der Waals surface area contributed by atoms with Gasteiger partial charge < -0.3 is 10.4 Å². The monoisotopic (exact) mass is 228 g/mol. The molecule has 0 spiro atoms. The summed E-state index contributed by atoms with van der Waals surface area (Å²) in [6.45, 7) is 7.37. The standard InChI is InChI=1S/C12H24N2O2/c1-3-5-13-11-6-10(4-2)7-14(8-11)9-12(15)16/h10-11,13H,3-9H2,1-2H3,(H,15,16). The molecular formula is C12H24N2O2. The third-order valence-corrected chi connectivity index (χ3v) is 3.23. The van der Waals surface area contributed by atoms with Crippen LogP contribution in [-0.2, 0) is 4.79 Å². The summed E-state index contributed by atoms with van der Waals surface area (Å²) in [5.41, 5.74) is 0. The fourth-order valence-electron chi connectivity index (χ4n) is 2.42. The maximum absolute atomic E-state index is 10.7. The van der Waals surface area contributed by atoms with Crippen LogP contribution in [0.25, 0.3) is 0 Å². The Balaban J connectivity index is 2.43. The van der Waals surface area contributed by atoms with Crippen molar-refractivity contribution in [3.63, 3.8) is 0 Å². The average molecular weight is 228 g/mol. The first-order valence-corrected chi connectivity index (χ1v) is 6.33. The van der Waals surface area contributed by atoms with Gasteiger partial charge in [-0.2, -0.15) is 0 Å². The molecule has 0 amide bonds. The molecule has 1 heterocycles. The topological polar surface area (TPSA) is 52.6 Å². The molecule has 1 fully saturated rings. The number of carboxylic acid groups (broad SMARTS) is 1. The van der Waals surface area contributed by atoms with Gasteiger partial charge in [0.2, 0.25) is 0 Å². The number of carboxylic acids is 1. The Morgan fingerprint density at radius 1 is 1.44 bits per heavy atom. The molecule has 16 heavy (non-hydrogen) atoms. The van der Waals surface area contributed by atoms with Crippen LogP contribution >= 0.6 is 0 Å². The van der Waals surface area contributed by atoms with Crippen molar-refractivity contribution in [2.24, 2.45) is 5.92 Å². The zero-order valence-corrected chi connectivity index (χ0v) is 10.4. The zero-order chi connectivity index (χ0) is 12.0. The van der Waals surface area contributed by atoms with Gasteiger partial charge in [-0.15, -0.1) is 0 Å². The molecule has 1 rings (SSSR count). The van der Waals surface area contributed by atoms with Crippen LogP contribution in [0, 0.1) is 5.92 Å². The van der Waals surface area contributed by atoms with Crippen LogP contribution in [0.15, 0.2) is 0 Å². The van der Waals surface area contributed by atoms with Crippen molar-refractivity contribution >= 4 is 5.97 Å². The van der Waals surface area contributed by atoms with Gasteiger partial charge in [-0.1, -0.05) is 20.3 Å². The molecule has 0 aromatic carbocycles. The Bertz CT molecular complexity index is 221. The lowest BCUT2D eigenvalue weighted by molar-refractivity contribution is -0.138. The first-order chi connectivity index (χ1) is 7.65. The summed E-state index contributed by atoms with van der Waals surface area (Å²) in [7, 11) is 0. The first kappa shape index (κ1) is 13.5.